The minimum Gasteiger partial charge on any atom is -0.370 e. The number of hydrogen-bond acceptors (Lipinski definition) is 5. The van der Waals surface area contributed by atoms with Gasteiger partial charge >= 0.3 is 6.18 Å². The number of rotatable bonds is 3. The Morgan fingerprint density at radius 2 is 1.61 bits per heavy atom. The van der Waals surface area contributed by atoms with E-state index in [0.29, 0.717) is 29.9 Å². The SMILES string of the molecule is Nc1ncc(C#Cc2ccc(F)c(C(=O)Nc3cc(C(F)(F)F)ccc3N3CCCCCC3)c2)cn1. The molecule has 0 bridgehead atoms. The molecule has 1 aliphatic rings. The van der Waals surface area contributed by atoms with Crippen LogP contribution in [0.1, 0.15) is 52.7 Å². The van der Waals surface area contributed by atoms with Crippen LogP contribution in [0.4, 0.5) is 34.9 Å². The normalized spacial score (nSPS) is 13.9. The van der Waals surface area contributed by atoms with Crippen molar-refractivity contribution in [1.29, 1.82) is 0 Å². The highest BCUT2D eigenvalue weighted by atomic mass is 19.4. The molecule has 36 heavy (non-hydrogen) atoms. The predicted octanol–water partition coefficient (Wildman–Crippen LogP) is 5.25. The fourth-order valence-electron chi connectivity index (χ4n) is 3.91. The number of carbonyl (C=O) groups excluding carboxylic acids is 1. The van der Waals surface area contributed by atoms with Crippen molar-refractivity contribution in [3.63, 3.8) is 0 Å². The summed E-state index contributed by atoms with van der Waals surface area (Å²) in [6.07, 6.45) is 2.09. The number of nitrogen functional groups attached to an aromatic ring is 1. The number of amides is 1. The lowest BCUT2D eigenvalue weighted by Gasteiger charge is -2.26. The van der Waals surface area contributed by atoms with Crippen LogP contribution < -0.4 is 16.0 Å². The van der Waals surface area contributed by atoms with Gasteiger partial charge < -0.3 is 16.0 Å². The zero-order valence-electron chi connectivity index (χ0n) is 19.2. The minimum atomic E-state index is -4.59. The van der Waals surface area contributed by atoms with E-state index in [1.54, 1.807) is 0 Å². The minimum absolute atomic E-state index is 0.0216. The lowest BCUT2D eigenvalue weighted by Crippen LogP contribution is -2.26. The monoisotopic (exact) mass is 497 g/mol. The average Bonchev–Trinajstić information content (AvgIpc) is 3.13. The Hall–Kier alpha value is -4.13. The average molecular weight is 497 g/mol. The largest absolute Gasteiger partial charge is 0.416 e. The fourth-order valence-corrected chi connectivity index (χ4v) is 3.91. The summed E-state index contributed by atoms with van der Waals surface area (Å²) in [5.41, 5.74) is 5.45. The molecule has 0 spiro atoms. The molecule has 1 aliphatic heterocycles. The van der Waals surface area contributed by atoms with Crippen molar-refractivity contribution < 1.29 is 22.4 Å². The molecule has 3 aromatic rings. The fraction of sp³-hybridized carbons (Fsp3) is 0.269. The third-order valence-corrected chi connectivity index (χ3v) is 5.75. The summed E-state index contributed by atoms with van der Waals surface area (Å²) in [7, 11) is 0. The number of carbonyl (C=O) groups is 1. The maximum Gasteiger partial charge on any atom is 0.416 e. The van der Waals surface area contributed by atoms with Crippen LogP contribution in [0.2, 0.25) is 0 Å². The molecule has 0 saturated carbocycles. The molecule has 1 aromatic heterocycles. The quantitative estimate of drug-likeness (QED) is 0.382. The first-order valence-electron chi connectivity index (χ1n) is 11.4. The second kappa shape index (κ2) is 10.6. The van der Waals surface area contributed by atoms with Crippen LogP contribution in [0, 0.1) is 17.7 Å². The standard InChI is InChI=1S/C26H23F4N5O/c27-21-9-7-17(5-6-18-15-32-25(31)33-16-18)13-20(21)24(36)34-22-14-19(26(28,29)30)8-10-23(22)35-11-3-1-2-4-12-35/h7-10,13-16H,1-4,11-12H2,(H,34,36)(H2,31,32,33). The van der Waals surface area contributed by atoms with Crippen LogP contribution in [0.5, 0.6) is 0 Å². The summed E-state index contributed by atoms with van der Waals surface area (Å²) in [4.78, 5) is 22.6. The van der Waals surface area contributed by atoms with Gasteiger partial charge in [0.25, 0.3) is 5.91 Å². The molecule has 186 valence electrons. The van der Waals surface area contributed by atoms with E-state index in [0.717, 1.165) is 43.9 Å². The van der Waals surface area contributed by atoms with Crippen molar-refractivity contribution >= 4 is 23.2 Å². The Kier molecular flexibility index (Phi) is 7.38. The van der Waals surface area contributed by atoms with Gasteiger partial charge in [0.2, 0.25) is 5.95 Å². The van der Waals surface area contributed by atoms with Crippen LogP contribution in [0.15, 0.2) is 48.8 Å². The zero-order chi connectivity index (χ0) is 25.7. The van der Waals surface area contributed by atoms with E-state index in [4.69, 9.17) is 5.73 Å². The number of alkyl halides is 3. The second-order valence-electron chi connectivity index (χ2n) is 8.36. The van der Waals surface area contributed by atoms with Gasteiger partial charge in [0.05, 0.1) is 28.1 Å². The smallest absolute Gasteiger partial charge is 0.370 e. The van der Waals surface area contributed by atoms with E-state index in [2.05, 4.69) is 27.1 Å². The Morgan fingerprint density at radius 1 is 0.944 bits per heavy atom. The van der Waals surface area contributed by atoms with Gasteiger partial charge in [0, 0.05) is 31.0 Å². The van der Waals surface area contributed by atoms with Gasteiger partial charge in [-0.2, -0.15) is 13.2 Å². The summed E-state index contributed by atoms with van der Waals surface area (Å²) in [5, 5.41) is 2.50. The zero-order valence-corrected chi connectivity index (χ0v) is 19.2. The summed E-state index contributed by atoms with van der Waals surface area (Å²) in [6, 6.07) is 6.96. The summed E-state index contributed by atoms with van der Waals surface area (Å²) >= 11 is 0. The third-order valence-electron chi connectivity index (χ3n) is 5.75. The van der Waals surface area contributed by atoms with Crippen LogP contribution in [-0.4, -0.2) is 29.0 Å². The van der Waals surface area contributed by atoms with E-state index in [1.807, 2.05) is 4.90 Å². The Bertz CT molecular complexity index is 1300. The van der Waals surface area contributed by atoms with Gasteiger partial charge in [-0.25, -0.2) is 14.4 Å². The first-order valence-corrected chi connectivity index (χ1v) is 11.4. The van der Waals surface area contributed by atoms with Crippen molar-refractivity contribution in [2.45, 2.75) is 31.9 Å². The Labute approximate surface area is 205 Å². The molecular weight excluding hydrogens is 474 g/mol. The molecule has 1 saturated heterocycles. The maximum atomic E-state index is 14.6. The van der Waals surface area contributed by atoms with Crippen molar-refractivity contribution in [1.82, 2.24) is 9.97 Å². The van der Waals surface area contributed by atoms with Crippen LogP contribution in [0.3, 0.4) is 0 Å². The third kappa shape index (κ3) is 6.10. The van der Waals surface area contributed by atoms with Gasteiger partial charge in [-0.15, -0.1) is 0 Å². The maximum absolute atomic E-state index is 14.6. The van der Waals surface area contributed by atoms with Gasteiger partial charge in [-0.3, -0.25) is 4.79 Å². The second-order valence-corrected chi connectivity index (χ2v) is 8.36. The lowest BCUT2D eigenvalue weighted by molar-refractivity contribution is -0.137. The summed E-state index contributed by atoms with van der Waals surface area (Å²) in [6.45, 7) is 1.31. The van der Waals surface area contributed by atoms with Crippen molar-refractivity contribution in [2.24, 2.45) is 0 Å². The highest BCUT2D eigenvalue weighted by Gasteiger charge is 2.32. The highest BCUT2D eigenvalue weighted by Crippen LogP contribution is 2.36. The summed E-state index contributed by atoms with van der Waals surface area (Å²) in [5.74, 6) is 3.98. The molecule has 0 atom stereocenters. The number of halogens is 4. The lowest BCUT2D eigenvalue weighted by atomic mass is 10.1. The van der Waals surface area contributed by atoms with Gasteiger partial charge in [0.15, 0.2) is 0 Å². The molecule has 0 aliphatic carbocycles. The Morgan fingerprint density at radius 3 is 2.28 bits per heavy atom. The van der Waals surface area contributed by atoms with E-state index >= 15 is 0 Å². The van der Waals surface area contributed by atoms with E-state index in [1.165, 1.54) is 30.6 Å². The molecule has 4 rings (SSSR count). The van der Waals surface area contributed by atoms with Gasteiger partial charge in [-0.1, -0.05) is 24.7 Å². The van der Waals surface area contributed by atoms with Crippen LogP contribution >= 0.6 is 0 Å². The number of aromatic nitrogens is 2. The molecule has 1 amide bonds. The van der Waals surface area contributed by atoms with Crippen molar-refractivity contribution in [3.8, 4) is 11.8 Å². The highest BCUT2D eigenvalue weighted by molar-refractivity contribution is 6.06. The number of benzene rings is 2. The molecule has 6 nitrogen and oxygen atoms in total. The van der Waals surface area contributed by atoms with Crippen molar-refractivity contribution in [2.75, 3.05) is 29.0 Å². The molecule has 0 unspecified atom stereocenters. The topological polar surface area (TPSA) is 84.1 Å². The van der Waals surface area contributed by atoms with E-state index in [-0.39, 0.29) is 17.2 Å². The van der Waals surface area contributed by atoms with E-state index in [9.17, 15) is 22.4 Å². The molecular formula is C26H23F4N5O. The number of nitrogens with two attached hydrogens (primary N) is 1. The molecule has 3 N–H and O–H groups in total. The van der Waals surface area contributed by atoms with Crippen LogP contribution in [0.25, 0.3) is 0 Å². The number of nitrogens with zero attached hydrogens (tertiary/aromatic N) is 3. The number of hydrogen-bond donors (Lipinski definition) is 2. The van der Waals surface area contributed by atoms with Gasteiger partial charge in [-0.05, 0) is 49.2 Å². The van der Waals surface area contributed by atoms with Gasteiger partial charge in [0.1, 0.15) is 5.82 Å². The predicted molar refractivity (Wildman–Crippen MR) is 129 cm³/mol. The first-order chi connectivity index (χ1) is 17.2. The van der Waals surface area contributed by atoms with Crippen molar-refractivity contribution in [3.05, 3.63) is 76.9 Å². The molecule has 2 aromatic carbocycles. The molecule has 1 fully saturated rings. The summed E-state index contributed by atoms with van der Waals surface area (Å²) < 4.78 is 54.8. The van der Waals surface area contributed by atoms with E-state index < -0.39 is 23.5 Å². The molecule has 2 heterocycles. The number of anilines is 3. The van der Waals surface area contributed by atoms with Crippen LogP contribution in [-0.2, 0) is 6.18 Å². The number of nitrogens with one attached hydrogen (secondary N) is 1. The molecule has 10 heteroatoms. The molecule has 0 radical (unpaired) electrons. The first kappa shape index (κ1) is 25.0. The Balaban J connectivity index is 1.64.